The van der Waals surface area contributed by atoms with E-state index in [1.54, 1.807) is 26.0 Å². The SMILES string of the molecule is COC1[C@H](O)C(COC2OC(COC3OC(COC4OC(COC5OC(COC6OC(COC7OC(CO)C(O)C(O)C7O)C(O)C(O)C6O)[C@@H](O)C(O)C5O)C(O)C(O)C4O)C(O)C(O)C3O)C(O)C(O)C2O)OC(OCC2OC(Oc3ccc(CC4NC(O)=C(O)C4(C)C)cc3)C(O)C(O)C2O)[C@@H]1O. The molecule has 8 fully saturated rings. The van der Waals surface area contributed by atoms with E-state index in [0.717, 1.165) is 12.7 Å². The number of aliphatic hydroxyl groups excluding tert-OH is 26. The summed E-state index contributed by atoms with van der Waals surface area (Å²) in [5.74, 6) is -0.341. The van der Waals surface area contributed by atoms with Crippen molar-refractivity contribution in [1.82, 2.24) is 5.32 Å². The number of benzene rings is 1. The van der Waals surface area contributed by atoms with Gasteiger partial charge in [0, 0.05) is 18.6 Å². The first kappa shape index (κ1) is 85.0. The fraction of sp³-hybridized carbons (Fsp3) is 0.871. The van der Waals surface area contributed by atoms with Gasteiger partial charge in [-0.3, -0.25) is 0 Å². The highest BCUT2D eigenvalue weighted by Crippen LogP contribution is 2.39. The lowest BCUT2D eigenvalue weighted by Crippen LogP contribution is -2.64. The highest BCUT2D eigenvalue weighted by molar-refractivity contribution is 5.30. The van der Waals surface area contributed by atoms with E-state index in [0.29, 0.717) is 6.42 Å². The third kappa shape index (κ3) is 18.3. The summed E-state index contributed by atoms with van der Waals surface area (Å²) < 4.78 is 95.8. The van der Waals surface area contributed by atoms with E-state index in [4.69, 9.17) is 80.5 Å². The van der Waals surface area contributed by atoms with Crippen LogP contribution in [0.15, 0.2) is 35.9 Å². The molecule has 27 N–H and O–H groups in total. The Hall–Kier alpha value is -3.44. The van der Waals surface area contributed by atoms with E-state index in [9.17, 15) is 133 Å². The molecule has 610 valence electrons. The lowest BCUT2D eigenvalue weighted by Gasteiger charge is -2.45. The highest BCUT2D eigenvalue weighted by atomic mass is 16.8. The second-order valence-corrected chi connectivity index (χ2v) is 27.9. The molecule has 9 aliphatic rings. The first-order valence-corrected chi connectivity index (χ1v) is 34.1. The van der Waals surface area contributed by atoms with Gasteiger partial charge in [-0.15, -0.1) is 0 Å². The largest absolute Gasteiger partial charge is 0.506 e. The van der Waals surface area contributed by atoms with Gasteiger partial charge in [-0.25, -0.2) is 0 Å². The molecule has 0 bridgehead atoms. The van der Waals surface area contributed by atoms with Gasteiger partial charge in [0.2, 0.25) is 12.2 Å². The van der Waals surface area contributed by atoms with Crippen molar-refractivity contribution >= 4 is 0 Å². The third-order valence-electron chi connectivity index (χ3n) is 20.4. The van der Waals surface area contributed by atoms with Crippen molar-refractivity contribution in [2.45, 2.75) is 272 Å². The summed E-state index contributed by atoms with van der Waals surface area (Å²) in [6.45, 7) is -2.84. The maximum atomic E-state index is 11.3. The zero-order valence-electron chi connectivity index (χ0n) is 56.9. The van der Waals surface area contributed by atoms with Crippen LogP contribution in [0.25, 0.3) is 0 Å². The maximum absolute atomic E-state index is 11.3. The molecule has 10 rings (SSSR count). The molecule has 44 nitrogen and oxygen atoms in total. The summed E-state index contributed by atoms with van der Waals surface area (Å²) >= 11 is 0. The van der Waals surface area contributed by atoms with E-state index < -0.39 is 304 Å². The molecule has 0 saturated carbocycles. The number of hydrogen-bond donors (Lipinski definition) is 27. The average Bonchev–Trinajstić information content (AvgIpc) is 1.48. The summed E-state index contributed by atoms with van der Waals surface area (Å²) in [4.78, 5) is 0. The molecule has 8 saturated heterocycles. The Balaban J connectivity index is 0.688. The molecule has 0 spiro atoms. The molecule has 0 aromatic heterocycles. The molecule has 0 aliphatic carbocycles. The lowest BCUT2D eigenvalue weighted by atomic mass is 9.82. The Morgan fingerprint density at radius 3 is 0.830 bits per heavy atom. The van der Waals surface area contributed by atoms with Crippen molar-refractivity contribution in [2.75, 3.05) is 60.0 Å². The molecule has 38 unspecified atom stereocenters. The molecule has 9 heterocycles. The minimum Gasteiger partial charge on any atom is -0.506 e. The van der Waals surface area contributed by atoms with Crippen molar-refractivity contribution < 1.29 is 213 Å². The van der Waals surface area contributed by atoms with E-state index in [2.05, 4.69) is 5.32 Å². The first-order valence-electron chi connectivity index (χ1n) is 34.1. The van der Waals surface area contributed by atoms with Crippen LogP contribution in [0.4, 0.5) is 0 Å². The third-order valence-corrected chi connectivity index (χ3v) is 20.4. The molecule has 44 heteroatoms. The Morgan fingerprint density at radius 1 is 0.321 bits per heavy atom. The Morgan fingerprint density at radius 2 is 0.566 bits per heavy atom. The number of hydrogen-bond acceptors (Lipinski definition) is 44. The zero-order valence-corrected chi connectivity index (χ0v) is 56.9. The quantitative estimate of drug-likeness (QED) is 0.0389. The van der Waals surface area contributed by atoms with E-state index in [1.165, 1.54) is 12.1 Å². The summed E-state index contributed by atoms with van der Waals surface area (Å²) in [6, 6.07) is 6.08. The van der Waals surface area contributed by atoms with Gasteiger partial charge in [-0.05, 0) is 24.1 Å². The molecule has 106 heavy (non-hydrogen) atoms. The van der Waals surface area contributed by atoms with Gasteiger partial charge in [0.15, 0.2) is 49.8 Å². The van der Waals surface area contributed by atoms with Crippen molar-refractivity contribution in [3.05, 3.63) is 41.5 Å². The van der Waals surface area contributed by atoms with Crippen LogP contribution in [0, 0.1) is 5.41 Å². The number of ether oxygens (including phenoxy) is 17. The van der Waals surface area contributed by atoms with Crippen LogP contribution in [-0.4, -0.2) is 444 Å². The van der Waals surface area contributed by atoms with E-state index >= 15 is 0 Å². The second-order valence-electron chi connectivity index (χ2n) is 27.9. The number of aliphatic hydroxyl groups is 26. The van der Waals surface area contributed by atoms with Gasteiger partial charge in [-0.2, -0.15) is 0 Å². The second kappa shape index (κ2) is 36.1. The summed E-state index contributed by atoms with van der Waals surface area (Å²) in [7, 11) is 1.13. The lowest BCUT2D eigenvalue weighted by molar-refractivity contribution is -0.354. The monoisotopic (exact) mass is 1550 g/mol. The van der Waals surface area contributed by atoms with E-state index in [1.807, 2.05) is 0 Å². The summed E-state index contributed by atoms with van der Waals surface area (Å²) in [6.07, 6.45) is -73.1. The average molecular weight is 1550 g/mol. The highest BCUT2D eigenvalue weighted by Gasteiger charge is 2.55. The van der Waals surface area contributed by atoms with Gasteiger partial charge in [0.05, 0.1) is 52.9 Å². The van der Waals surface area contributed by atoms with Crippen molar-refractivity contribution in [1.29, 1.82) is 0 Å². The topological polar surface area (TPSA) is 695 Å². The first-order chi connectivity index (χ1) is 50.1. The Bertz CT molecular complexity index is 2920. The number of nitrogens with one attached hydrogen (secondary N) is 1. The van der Waals surface area contributed by atoms with Crippen LogP contribution < -0.4 is 10.1 Å². The van der Waals surface area contributed by atoms with Crippen LogP contribution in [0.2, 0.25) is 0 Å². The normalized spacial score (nSPS) is 48.8. The van der Waals surface area contributed by atoms with Crippen molar-refractivity contribution in [2.24, 2.45) is 5.41 Å². The molecule has 41 atom stereocenters. The van der Waals surface area contributed by atoms with Gasteiger partial charge < -0.3 is 219 Å². The fourth-order valence-corrected chi connectivity index (χ4v) is 13.4. The molecular weight excluding hydrogens is 1450 g/mol. The van der Waals surface area contributed by atoms with Gasteiger partial charge in [-0.1, -0.05) is 26.0 Å². The smallest absolute Gasteiger partial charge is 0.229 e. The molecule has 1 aromatic carbocycles. The minimum absolute atomic E-state index is 0.165. The predicted octanol–water partition coefficient (Wildman–Crippen LogP) is -14.9. The summed E-state index contributed by atoms with van der Waals surface area (Å²) in [5, 5.41) is 281. The molecule has 1 aromatic rings. The van der Waals surface area contributed by atoms with Gasteiger partial charge >= 0.3 is 0 Å². The van der Waals surface area contributed by atoms with Crippen LogP contribution in [0.1, 0.15) is 19.4 Å². The molecule has 0 radical (unpaired) electrons. The zero-order chi connectivity index (χ0) is 77.4. The van der Waals surface area contributed by atoms with Gasteiger partial charge in [0.25, 0.3) is 0 Å². The molecular formula is C62H99NO43. The fourth-order valence-electron chi connectivity index (χ4n) is 13.4. The Kier molecular flexibility index (Phi) is 29.0. The van der Waals surface area contributed by atoms with Crippen LogP contribution in [0.3, 0.4) is 0 Å². The van der Waals surface area contributed by atoms with Crippen LogP contribution >= 0.6 is 0 Å². The molecule has 9 aliphatic heterocycles. The predicted molar refractivity (Wildman–Crippen MR) is 331 cm³/mol. The standard InChI is InChI=1S/C62H99NO43/c1-62(2)27(63-53(89)52(62)88)8-17-4-6-18(7-5-17)98-61-49(86)42(79)34(71)25(106-61)15-97-60-50(87)51(90-3)35(72)26(105-60)16-96-59-48(85)41(78)33(70)24(104-59)14-95-58-47(84)40(77)32(69)23(103-58)13-94-57-46(83)39(76)31(68)22(102-57)12-93-56-45(82)38(75)30(67)21(101-56)11-92-55-44(81)37(74)29(66)20(100-55)10-91-54-43(80)36(73)28(65)19(9-64)99-54/h4-7,19-51,54-61,63-89H,8-16H2,1-3H3/t19?,20?,21?,22?,23?,24?,25?,26?,27?,28?,29?,30-,31?,32?,33?,34?,35-,36?,37?,38?,39?,40?,41?,42?,43?,44?,45?,46?,47?,48?,49?,50-,51?,54?,55?,56?,57?,58?,59?,60?,61?/m1/s1. The van der Waals surface area contributed by atoms with Crippen LogP contribution in [0.5, 0.6) is 5.75 Å². The van der Waals surface area contributed by atoms with Crippen molar-refractivity contribution in [3.63, 3.8) is 0 Å². The van der Waals surface area contributed by atoms with Crippen molar-refractivity contribution in [3.8, 4) is 5.75 Å². The summed E-state index contributed by atoms with van der Waals surface area (Å²) in [5.41, 5.74) is -0.0172. The molecule has 0 amide bonds. The number of rotatable bonds is 27. The van der Waals surface area contributed by atoms with E-state index in [-0.39, 0.29) is 23.4 Å². The minimum atomic E-state index is -2.09. The number of methoxy groups -OCH3 is 1. The van der Waals surface area contributed by atoms with Crippen LogP contribution in [-0.2, 0) is 82.2 Å². The van der Waals surface area contributed by atoms with Gasteiger partial charge in [0.1, 0.15) is 201 Å². The Labute approximate surface area is 601 Å². The maximum Gasteiger partial charge on any atom is 0.229 e.